The first-order valence-electron chi connectivity index (χ1n) is 5.87. The van der Waals surface area contributed by atoms with Gasteiger partial charge in [-0.05, 0) is 35.7 Å². The summed E-state index contributed by atoms with van der Waals surface area (Å²) in [7, 11) is 0. The Bertz CT molecular complexity index is 665. The van der Waals surface area contributed by atoms with Gasteiger partial charge in [-0.2, -0.15) is 10.5 Å². The van der Waals surface area contributed by atoms with Crippen LogP contribution in [0.1, 0.15) is 22.6 Å². The Labute approximate surface area is 117 Å². The Kier molecular flexibility index (Phi) is 4.18. The maximum atomic E-state index is 9.32. The predicted octanol–water partition coefficient (Wildman–Crippen LogP) is 4.06. The van der Waals surface area contributed by atoms with E-state index < -0.39 is 0 Å². The zero-order chi connectivity index (χ0) is 13.7. The Morgan fingerprint density at radius 1 is 1.05 bits per heavy atom. The second-order valence-electron chi connectivity index (χ2n) is 4.22. The van der Waals surface area contributed by atoms with Gasteiger partial charge in [-0.25, -0.2) is 0 Å². The van der Waals surface area contributed by atoms with Crippen molar-refractivity contribution in [2.24, 2.45) is 0 Å². The van der Waals surface area contributed by atoms with Crippen molar-refractivity contribution in [2.75, 3.05) is 0 Å². The molecule has 0 radical (unpaired) electrons. The minimum Gasteiger partial charge on any atom is -0.198 e. The normalized spacial score (nSPS) is 11.3. The van der Waals surface area contributed by atoms with Crippen LogP contribution < -0.4 is 0 Å². The smallest absolute Gasteiger partial charge is 0.0991 e. The topological polar surface area (TPSA) is 47.6 Å². The fourth-order valence-electron chi connectivity index (χ4n) is 1.99. The van der Waals surface area contributed by atoms with Gasteiger partial charge >= 0.3 is 0 Å². The van der Waals surface area contributed by atoms with E-state index in [0.29, 0.717) is 17.0 Å². The molecule has 19 heavy (non-hydrogen) atoms. The lowest BCUT2D eigenvalue weighted by Crippen LogP contribution is -2.01. The van der Waals surface area contributed by atoms with Gasteiger partial charge in [-0.1, -0.05) is 41.9 Å². The number of nitrogens with zero attached hydrogens (tertiary/aromatic N) is 2. The average molecular weight is 267 g/mol. The molecule has 1 unspecified atom stereocenters. The lowest BCUT2D eigenvalue weighted by Gasteiger charge is -2.11. The standard InChI is InChI=1S/C16H11ClN2/c17-16-7-2-1-6-15(16)14(11-19)9-12-4-3-5-13(8-12)10-18/h1-8,14H,9H2. The summed E-state index contributed by atoms with van der Waals surface area (Å²) in [6.45, 7) is 0. The fraction of sp³-hybridized carbons (Fsp3) is 0.125. The van der Waals surface area contributed by atoms with E-state index in [0.717, 1.165) is 11.1 Å². The highest BCUT2D eigenvalue weighted by Gasteiger charge is 2.14. The summed E-state index contributed by atoms with van der Waals surface area (Å²) in [6, 6.07) is 19.0. The molecule has 3 heteroatoms. The van der Waals surface area contributed by atoms with Crippen LogP contribution in [0.3, 0.4) is 0 Å². The van der Waals surface area contributed by atoms with Crippen molar-refractivity contribution in [3.05, 3.63) is 70.2 Å². The third-order valence-corrected chi connectivity index (χ3v) is 3.28. The number of hydrogen-bond donors (Lipinski definition) is 0. The second-order valence-corrected chi connectivity index (χ2v) is 4.63. The van der Waals surface area contributed by atoms with Gasteiger partial charge in [-0.3, -0.25) is 0 Å². The van der Waals surface area contributed by atoms with E-state index in [2.05, 4.69) is 12.1 Å². The molecule has 0 bridgehead atoms. The summed E-state index contributed by atoms with van der Waals surface area (Å²) in [6.07, 6.45) is 0.551. The van der Waals surface area contributed by atoms with Gasteiger partial charge in [0.05, 0.1) is 23.6 Å². The molecule has 2 rings (SSSR count). The Balaban J connectivity index is 2.28. The van der Waals surface area contributed by atoms with Crippen LogP contribution in [0.15, 0.2) is 48.5 Å². The van der Waals surface area contributed by atoms with Gasteiger partial charge in [0, 0.05) is 5.02 Å². The molecule has 2 aromatic carbocycles. The van der Waals surface area contributed by atoms with E-state index in [9.17, 15) is 5.26 Å². The van der Waals surface area contributed by atoms with Gasteiger partial charge < -0.3 is 0 Å². The first-order valence-corrected chi connectivity index (χ1v) is 6.25. The number of nitriles is 2. The van der Waals surface area contributed by atoms with E-state index in [-0.39, 0.29) is 5.92 Å². The average Bonchev–Trinajstić information content (AvgIpc) is 2.46. The summed E-state index contributed by atoms with van der Waals surface area (Å²) in [5.74, 6) is -0.303. The van der Waals surface area contributed by atoms with Gasteiger partial charge in [0.15, 0.2) is 0 Å². The number of rotatable bonds is 3. The first kappa shape index (κ1) is 13.1. The molecule has 0 amide bonds. The van der Waals surface area contributed by atoms with Crippen LogP contribution in [0, 0.1) is 22.7 Å². The summed E-state index contributed by atoms with van der Waals surface area (Å²) in [5, 5.41) is 18.8. The molecule has 0 aliphatic rings. The SMILES string of the molecule is N#Cc1cccc(CC(C#N)c2ccccc2Cl)c1. The lowest BCUT2D eigenvalue weighted by molar-refractivity contribution is 0.849. The second kappa shape index (κ2) is 6.05. The molecule has 0 fully saturated rings. The minimum atomic E-state index is -0.303. The van der Waals surface area contributed by atoms with Gasteiger partial charge in [0.1, 0.15) is 0 Å². The van der Waals surface area contributed by atoms with Gasteiger partial charge in [-0.15, -0.1) is 0 Å². The molecular formula is C16H11ClN2. The van der Waals surface area contributed by atoms with Crippen molar-refractivity contribution in [1.29, 1.82) is 10.5 Å². The van der Waals surface area contributed by atoms with E-state index in [1.807, 2.05) is 30.3 Å². The monoisotopic (exact) mass is 266 g/mol. The van der Waals surface area contributed by atoms with Crippen LogP contribution in [0.25, 0.3) is 0 Å². The lowest BCUT2D eigenvalue weighted by atomic mass is 9.92. The van der Waals surface area contributed by atoms with Crippen LogP contribution in [0.5, 0.6) is 0 Å². The van der Waals surface area contributed by atoms with Crippen LogP contribution in [0.2, 0.25) is 5.02 Å². The number of hydrogen-bond acceptors (Lipinski definition) is 2. The predicted molar refractivity (Wildman–Crippen MR) is 74.7 cm³/mol. The van der Waals surface area contributed by atoms with Crippen LogP contribution in [0.4, 0.5) is 0 Å². The molecular weight excluding hydrogens is 256 g/mol. The minimum absolute atomic E-state index is 0.303. The maximum Gasteiger partial charge on any atom is 0.0991 e. The number of benzene rings is 2. The van der Waals surface area contributed by atoms with Crippen molar-refractivity contribution >= 4 is 11.6 Å². The Morgan fingerprint density at radius 3 is 2.53 bits per heavy atom. The molecule has 2 nitrogen and oxygen atoms in total. The first-order chi connectivity index (χ1) is 9.24. The van der Waals surface area contributed by atoms with Crippen molar-refractivity contribution < 1.29 is 0 Å². The Hall–Kier alpha value is -2.29. The maximum absolute atomic E-state index is 9.32. The van der Waals surface area contributed by atoms with Crippen molar-refractivity contribution in [3.63, 3.8) is 0 Å². The molecule has 0 aliphatic heterocycles. The van der Waals surface area contributed by atoms with E-state index in [1.54, 1.807) is 18.2 Å². The molecule has 0 saturated carbocycles. The van der Waals surface area contributed by atoms with Crippen molar-refractivity contribution in [2.45, 2.75) is 12.3 Å². The third-order valence-electron chi connectivity index (χ3n) is 2.93. The van der Waals surface area contributed by atoms with Crippen LogP contribution in [-0.2, 0) is 6.42 Å². The third kappa shape index (κ3) is 3.13. The summed E-state index contributed by atoms with van der Waals surface area (Å²) >= 11 is 6.12. The molecule has 0 aromatic heterocycles. The molecule has 0 spiro atoms. The fourth-order valence-corrected chi connectivity index (χ4v) is 2.25. The molecule has 0 N–H and O–H groups in total. The number of halogens is 1. The summed E-state index contributed by atoms with van der Waals surface area (Å²) in [5.41, 5.74) is 2.40. The molecule has 0 aliphatic carbocycles. The Morgan fingerprint density at radius 2 is 1.84 bits per heavy atom. The quantitative estimate of drug-likeness (QED) is 0.841. The van der Waals surface area contributed by atoms with Gasteiger partial charge in [0.25, 0.3) is 0 Å². The molecule has 2 aromatic rings. The molecule has 0 saturated heterocycles. The van der Waals surface area contributed by atoms with E-state index >= 15 is 0 Å². The highest BCUT2D eigenvalue weighted by Crippen LogP contribution is 2.27. The van der Waals surface area contributed by atoms with Gasteiger partial charge in [0.2, 0.25) is 0 Å². The zero-order valence-corrected chi connectivity index (χ0v) is 10.9. The molecule has 92 valence electrons. The van der Waals surface area contributed by atoms with Crippen molar-refractivity contribution in [1.82, 2.24) is 0 Å². The molecule has 0 heterocycles. The zero-order valence-electron chi connectivity index (χ0n) is 10.2. The highest BCUT2D eigenvalue weighted by atomic mass is 35.5. The summed E-state index contributed by atoms with van der Waals surface area (Å²) < 4.78 is 0. The van der Waals surface area contributed by atoms with Crippen molar-refractivity contribution in [3.8, 4) is 12.1 Å². The van der Waals surface area contributed by atoms with E-state index in [4.69, 9.17) is 16.9 Å². The largest absolute Gasteiger partial charge is 0.198 e. The van der Waals surface area contributed by atoms with E-state index in [1.165, 1.54) is 0 Å². The summed E-state index contributed by atoms with van der Waals surface area (Å²) in [4.78, 5) is 0. The molecule has 1 atom stereocenters. The van der Waals surface area contributed by atoms with Crippen LogP contribution in [-0.4, -0.2) is 0 Å². The van der Waals surface area contributed by atoms with Crippen LogP contribution >= 0.6 is 11.6 Å². The highest BCUT2D eigenvalue weighted by molar-refractivity contribution is 6.31.